The Kier molecular flexibility index (Phi) is 5.60. The van der Waals surface area contributed by atoms with E-state index in [-0.39, 0.29) is 24.0 Å². The number of aryl methyl sites for hydroxylation is 1. The molecule has 3 heterocycles. The molecule has 0 fully saturated rings. The lowest BCUT2D eigenvalue weighted by atomic mass is 10.2. The fourth-order valence-corrected chi connectivity index (χ4v) is 2.83. The highest BCUT2D eigenvalue weighted by molar-refractivity contribution is 5.92. The molecule has 0 bridgehead atoms. The molecule has 0 aliphatic heterocycles. The molecule has 0 spiro atoms. The van der Waals surface area contributed by atoms with E-state index in [4.69, 9.17) is 4.52 Å². The zero-order valence-corrected chi connectivity index (χ0v) is 16.2. The quantitative estimate of drug-likeness (QED) is 0.505. The fourth-order valence-electron chi connectivity index (χ4n) is 2.83. The van der Waals surface area contributed by atoms with E-state index in [0.29, 0.717) is 17.5 Å². The van der Waals surface area contributed by atoms with E-state index in [1.54, 1.807) is 41.2 Å². The van der Waals surface area contributed by atoms with Crippen molar-refractivity contribution in [3.05, 3.63) is 78.0 Å². The van der Waals surface area contributed by atoms with Gasteiger partial charge >= 0.3 is 0 Å². The van der Waals surface area contributed by atoms with Gasteiger partial charge in [-0.1, -0.05) is 24.2 Å². The van der Waals surface area contributed by atoms with Crippen LogP contribution in [-0.4, -0.2) is 30.6 Å². The van der Waals surface area contributed by atoms with Crippen molar-refractivity contribution >= 4 is 5.91 Å². The van der Waals surface area contributed by atoms with E-state index in [0.717, 1.165) is 24.0 Å². The lowest BCUT2D eigenvalue weighted by Crippen LogP contribution is -2.23. The minimum absolute atomic E-state index is 0.243. The molecule has 8 nitrogen and oxygen atoms in total. The van der Waals surface area contributed by atoms with Crippen LogP contribution in [0.5, 0.6) is 0 Å². The highest BCUT2D eigenvalue weighted by atomic mass is 19.1. The van der Waals surface area contributed by atoms with Crippen LogP contribution in [0.15, 0.2) is 59.6 Å². The average molecular weight is 406 g/mol. The lowest BCUT2D eigenvalue weighted by molar-refractivity contribution is 0.0946. The maximum Gasteiger partial charge on any atom is 0.271 e. The SMILES string of the molecule is CCCc1noc(-c2ccnc(-n3cnc(C(=O)NCc4ccc(F)cc4)c3)c2)n1. The van der Waals surface area contributed by atoms with E-state index in [1.165, 1.54) is 18.5 Å². The maximum absolute atomic E-state index is 13.0. The summed E-state index contributed by atoms with van der Waals surface area (Å²) >= 11 is 0. The van der Waals surface area contributed by atoms with Crippen molar-refractivity contribution in [1.82, 2.24) is 30.0 Å². The van der Waals surface area contributed by atoms with Crippen LogP contribution < -0.4 is 5.32 Å². The largest absolute Gasteiger partial charge is 0.347 e. The summed E-state index contributed by atoms with van der Waals surface area (Å²) in [7, 11) is 0. The molecule has 0 radical (unpaired) electrons. The van der Waals surface area contributed by atoms with Gasteiger partial charge in [0.25, 0.3) is 11.8 Å². The summed E-state index contributed by atoms with van der Waals surface area (Å²) in [5.74, 6) is 0.983. The summed E-state index contributed by atoms with van der Waals surface area (Å²) < 4.78 is 19.9. The number of hydrogen-bond donors (Lipinski definition) is 1. The number of nitrogens with one attached hydrogen (secondary N) is 1. The first-order chi connectivity index (χ1) is 14.6. The Morgan fingerprint density at radius 2 is 2.03 bits per heavy atom. The predicted octanol–water partition coefficient (Wildman–Crippen LogP) is 3.34. The fraction of sp³-hybridized carbons (Fsp3) is 0.190. The first-order valence-corrected chi connectivity index (χ1v) is 9.48. The van der Waals surface area contributed by atoms with Gasteiger partial charge < -0.3 is 9.84 Å². The number of nitrogens with zero attached hydrogens (tertiary/aromatic N) is 5. The Bertz CT molecular complexity index is 1150. The molecule has 0 atom stereocenters. The molecule has 0 aliphatic carbocycles. The molecule has 0 saturated carbocycles. The monoisotopic (exact) mass is 406 g/mol. The van der Waals surface area contributed by atoms with Crippen LogP contribution >= 0.6 is 0 Å². The van der Waals surface area contributed by atoms with Crippen molar-refractivity contribution in [2.24, 2.45) is 0 Å². The maximum atomic E-state index is 13.0. The third kappa shape index (κ3) is 4.40. The third-order valence-electron chi connectivity index (χ3n) is 4.38. The van der Waals surface area contributed by atoms with Crippen LogP contribution in [0.2, 0.25) is 0 Å². The molecule has 9 heteroatoms. The first kappa shape index (κ1) is 19.4. The number of hydrogen-bond acceptors (Lipinski definition) is 6. The summed E-state index contributed by atoms with van der Waals surface area (Å²) in [6.07, 6.45) is 6.40. The molecule has 1 aromatic carbocycles. The van der Waals surface area contributed by atoms with Crippen LogP contribution in [-0.2, 0) is 13.0 Å². The number of carbonyl (C=O) groups excluding carboxylic acids is 1. The van der Waals surface area contributed by atoms with E-state index < -0.39 is 0 Å². The van der Waals surface area contributed by atoms with Gasteiger partial charge in [-0.15, -0.1) is 0 Å². The molecule has 152 valence electrons. The first-order valence-electron chi connectivity index (χ1n) is 9.48. The van der Waals surface area contributed by atoms with Crippen LogP contribution in [0, 0.1) is 5.82 Å². The molecule has 4 rings (SSSR count). The van der Waals surface area contributed by atoms with E-state index in [1.807, 2.05) is 6.92 Å². The standard InChI is InChI=1S/C21H19FN6O2/c1-2-3-18-26-21(30-27-18)15-8-9-23-19(10-15)28-12-17(25-13-28)20(29)24-11-14-4-6-16(22)7-5-14/h4-10,12-13H,2-3,11H2,1H3,(H,24,29). The second-order valence-electron chi connectivity index (χ2n) is 6.64. The number of carbonyl (C=O) groups is 1. The second-order valence-corrected chi connectivity index (χ2v) is 6.64. The van der Waals surface area contributed by atoms with Gasteiger partial charge in [-0.25, -0.2) is 14.4 Å². The Morgan fingerprint density at radius 3 is 2.83 bits per heavy atom. The van der Waals surface area contributed by atoms with Crippen molar-refractivity contribution < 1.29 is 13.7 Å². The number of pyridine rings is 1. The van der Waals surface area contributed by atoms with Crippen molar-refractivity contribution in [2.45, 2.75) is 26.3 Å². The molecule has 0 saturated heterocycles. The highest BCUT2D eigenvalue weighted by Crippen LogP contribution is 2.19. The topological polar surface area (TPSA) is 98.7 Å². The van der Waals surface area contributed by atoms with Crippen LogP contribution in [0.4, 0.5) is 4.39 Å². The van der Waals surface area contributed by atoms with Crippen molar-refractivity contribution in [3.63, 3.8) is 0 Å². The zero-order chi connectivity index (χ0) is 20.9. The van der Waals surface area contributed by atoms with Crippen LogP contribution in [0.25, 0.3) is 17.3 Å². The smallest absolute Gasteiger partial charge is 0.271 e. The summed E-state index contributed by atoms with van der Waals surface area (Å²) in [5.41, 5.74) is 1.76. The summed E-state index contributed by atoms with van der Waals surface area (Å²) in [5, 5.41) is 6.72. The van der Waals surface area contributed by atoms with Crippen LogP contribution in [0.1, 0.15) is 35.2 Å². The molecule has 0 aliphatic rings. The number of aromatic nitrogens is 5. The number of imidazole rings is 1. The number of amides is 1. The predicted molar refractivity (Wildman–Crippen MR) is 106 cm³/mol. The number of halogens is 1. The number of rotatable bonds is 7. The molecule has 4 aromatic rings. The average Bonchev–Trinajstić information content (AvgIpc) is 3.44. The van der Waals surface area contributed by atoms with Gasteiger partial charge in [0.15, 0.2) is 5.82 Å². The molecule has 0 unspecified atom stereocenters. The third-order valence-corrected chi connectivity index (χ3v) is 4.38. The molecular formula is C21H19FN6O2. The Balaban J connectivity index is 1.46. The number of benzene rings is 1. The van der Waals surface area contributed by atoms with E-state index in [9.17, 15) is 9.18 Å². The van der Waals surface area contributed by atoms with Gasteiger partial charge in [-0.3, -0.25) is 9.36 Å². The zero-order valence-electron chi connectivity index (χ0n) is 16.2. The summed E-state index contributed by atoms with van der Waals surface area (Å²) in [4.78, 5) is 25.2. The molecular weight excluding hydrogens is 387 g/mol. The van der Waals surface area contributed by atoms with Gasteiger partial charge in [0.1, 0.15) is 23.7 Å². The van der Waals surface area contributed by atoms with Crippen molar-refractivity contribution in [3.8, 4) is 17.3 Å². The second kappa shape index (κ2) is 8.64. The van der Waals surface area contributed by atoms with Crippen molar-refractivity contribution in [1.29, 1.82) is 0 Å². The Hall–Kier alpha value is -3.88. The summed E-state index contributed by atoms with van der Waals surface area (Å²) in [6.45, 7) is 2.32. The molecule has 1 N–H and O–H groups in total. The van der Waals surface area contributed by atoms with E-state index >= 15 is 0 Å². The Labute approximate surface area is 171 Å². The molecule has 30 heavy (non-hydrogen) atoms. The van der Waals surface area contributed by atoms with Gasteiger partial charge in [-0.05, 0) is 36.2 Å². The van der Waals surface area contributed by atoms with Crippen molar-refractivity contribution in [2.75, 3.05) is 0 Å². The van der Waals surface area contributed by atoms with Gasteiger partial charge in [0.2, 0.25) is 0 Å². The van der Waals surface area contributed by atoms with E-state index in [2.05, 4.69) is 25.4 Å². The Morgan fingerprint density at radius 1 is 1.20 bits per heavy atom. The minimum Gasteiger partial charge on any atom is -0.347 e. The van der Waals surface area contributed by atoms with Crippen LogP contribution in [0.3, 0.4) is 0 Å². The normalized spacial score (nSPS) is 10.9. The lowest BCUT2D eigenvalue weighted by Gasteiger charge is -2.04. The van der Waals surface area contributed by atoms with Gasteiger partial charge in [0.05, 0.1) is 0 Å². The minimum atomic E-state index is -0.338. The highest BCUT2D eigenvalue weighted by Gasteiger charge is 2.13. The van der Waals surface area contributed by atoms with Gasteiger partial charge in [-0.2, -0.15) is 4.98 Å². The van der Waals surface area contributed by atoms with Gasteiger partial charge in [0, 0.05) is 30.9 Å². The molecule has 1 amide bonds. The summed E-state index contributed by atoms with van der Waals surface area (Å²) in [6, 6.07) is 9.50. The molecule has 3 aromatic heterocycles.